The van der Waals surface area contributed by atoms with Crippen molar-refractivity contribution in [2.75, 3.05) is 6.61 Å². The number of ether oxygens (including phenoxy) is 1. The van der Waals surface area contributed by atoms with Crippen LogP contribution >= 0.6 is 0 Å². The molecule has 240 valence electrons. The highest BCUT2D eigenvalue weighted by atomic mass is 16.5. The summed E-state index contributed by atoms with van der Waals surface area (Å²) in [5.41, 5.74) is 0. The van der Waals surface area contributed by atoms with Crippen molar-refractivity contribution in [3.8, 4) is 0 Å². The standard InChI is InChI=1S/C38H76O2/c1-3-4-5-6-7-8-9-10-11-12-13-14-15-16-17-18-19-20-21-22-23-24-25-26-27-28-29-30-31-32-33-34-35-36-37-40-38(2)39/h3-37H2,1-2H3. The summed E-state index contributed by atoms with van der Waals surface area (Å²) in [6, 6.07) is 0. The Morgan fingerprint density at radius 2 is 0.500 bits per heavy atom. The molecule has 0 aromatic carbocycles. The molecular weight excluding hydrogens is 488 g/mol. The van der Waals surface area contributed by atoms with Gasteiger partial charge in [-0.1, -0.05) is 219 Å². The van der Waals surface area contributed by atoms with E-state index in [1.54, 1.807) is 0 Å². The summed E-state index contributed by atoms with van der Waals surface area (Å²) >= 11 is 0. The van der Waals surface area contributed by atoms with Gasteiger partial charge in [0.25, 0.3) is 0 Å². The Morgan fingerprint density at radius 3 is 0.675 bits per heavy atom. The van der Waals surface area contributed by atoms with Crippen LogP contribution in [-0.4, -0.2) is 12.6 Å². The first-order valence-corrected chi connectivity index (χ1v) is 18.9. The molecule has 0 saturated carbocycles. The normalized spacial score (nSPS) is 11.3. The molecule has 0 aromatic heterocycles. The first kappa shape index (κ1) is 39.5. The van der Waals surface area contributed by atoms with E-state index in [-0.39, 0.29) is 5.97 Å². The number of rotatable bonds is 35. The molecule has 2 nitrogen and oxygen atoms in total. The van der Waals surface area contributed by atoms with Crippen molar-refractivity contribution in [1.82, 2.24) is 0 Å². The Morgan fingerprint density at radius 1 is 0.325 bits per heavy atom. The monoisotopic (exact) mass is 565 g/mol. The van der Waals surface area contributed by atoms with Gasteiger partial charge in [-0.15, -0.1) is 0 Å². The molecule has 0 N–H and O–H groups in total. The molecule has 0 spiro atoms. The number of carbonyl (C=O) groups excluding carboxylic acids is 1. The molecule has 2 heteroatoms. The van der Waals surface area contributed by atoms with Crippen LogP contribution in [0, 0.1) is 0 Å². The fourth-order valence-corrected chi connectivity index (χ4v) is 6.05. The lowest BCUT2D eigenvalue weighted by Gasteiger charge is -2.05. The van der Waals surface area contributed by atoms with E-state index < -0.39 is 0 Å². The Kier molecular flexibility index (Phi) is 36.0. The molecule has 0 aromatic rings. The topological polar surface area (TPSA) is 26.3 Å². The minimum atomic E-state index is -0.147. The van der Waals surface area contributed by atoms with E-state index in [2.05, 4.69) is 6.92 Å². The van der Waals surface area contributed by atoms with Gasteiger partial charge in [-0.25, -0.2) is 0 Å². The van der Waals surface area contributed by atoms with Gasteiger partial charge in [0.2, 0.25) is 0 Å². The molecule has 0 aliphatic rings. The summed E-state index contributed by atoms with van der Waals surface area (Å²) in [6.45, 7) is 4.40. The largest absolute Gasteiger partial charge is 0.466 e. The van der Waals surface area contributed by atoms with Crippen molar-refractivity contribution in [3.05, 3.63) is 0 Å². The minimum Gasteiger partial charge on any atom is -0.466 e. The molecule has 0 fully saturated rings. The van der Waals surface area contributed by atoms with Crippen molar-refractivity contribution in [2.24, 2.45) is 0 Å². The van der Waals surface area contributed by atoms with E-state index in [0.717, 1.165) is 6.42 Å². The average molecular weight is 565 g/mol. The molecule has 0 radical (unpaired) electrons. The number of esters is 1. The Bertz CT molecular complexity index is 460. The molecule has 0 rings (SSSR count). The quantitative estimate of drug-likeness (QED) is 0.0565. The van der Waals surface area contributed by atoms with Gasteiger partial charge >= 0.3 is 5.97 Å². The summed E-state index contributed by atoms with van der Waals surface area (Å²) in [5.74, 6) is -0.147. The van der Waals surface area contributed by atoms with Crippen molar-refractivity contribution >= 4 is 5.97 Å². The highest BCUT2D eigenvalue weighted by Crippen LogP contribution is 2.17. The van der Waals surface area contributed by atoms with Crippen molar-refractivity contribution < 1.29 is 9.53 Å². The van der Waals surface area contributed by atoms with E-state index in [4.69, 9.17) is 4.74 Å². The summed E-state index contributed by atoms with van der Waals surface area (Å²) in [5, 5.41) is 0. The second-order valence-corrected chi connectivity index (χ2v) is 13.0. The Balaban J connectivity index is 3.03. The minimum absolute atomic E-state index is 0.147. The number of hydrogen-bond acceptors (Lipinski definition) is 2. The smallest absolute Gasteiger partial charge is 0.302 e. The number of hydrogen-bond donors (Lipinski definition) is 0. The lowest BCUT2D eigenvalue weighted by atomic mass is 10.0. The highest BCUT2D eigenvalue weighted by Gasteiger charge is 1.98. The van der Waals surface area contributed by atoms with Crippen molar-refractivity contribution in [2.45, 2.75) is 232 Å². The maximum atomic E-state index is 10.7. The van der Waals surface area contributed by atoms with E-state index in [1.165, 1.54) is 219 Å². The molecular formula is C38H76O2. The van der Waals surface area contributed by atoms with Crippen LogP contribution in [0.5, 0.6) is 0 Å². The lowest BCUT2D eigenvalue weighted by molar-refractivity contribution is -0.141. The molecule has 0 aliphatic carbocycles. The third-order valence-corrected chi connectivity index (χ3v) is 8.80. The van der Waals surface area contributed by atoms with Crippen LogP contribution in [0.15, 0.2) is 0 Å². The van der Waals surface area contributed by atoms with Gasteiger partial charge in [-0.05, 0) is 6.42 Å². The Hall–Kier alpha value is -0.530. The Labute approximate surface area is 254 Å². The fourth-order valence-electron chi connectivity index (χ4n) is 6.05. The number of carbonyl (C=O) groups is 1. The zero-order valence-corrected chi connectivity index (χ0v) is 28.1. The van der Waals surface area contributed by atoms with Gasteiger partial charge in [0.1, 0.15) is 0 Å². The molecule has 0 atom stereocenters. The third kappa shape index (κ3) is 37.5. The van der Waals surface area contributed by atoms with E-state index in [0.29, 0.717) is 6.61 Å². The van der Waals surface area contributed by atoms with Crippen LogP contribution in [0.1, 0.15) is 232 Å². The van der Waals surface area contributed by atoms with Crippen LogP contribution in [0.4, 0.5) is 0 Å². The summed E-state index contributed by atoms with van der Waals surface area (Å²) in [4.78, 5) is 10.7. The van der Waals surface area contributed by atoms with Gasteiger partial charge in [-0.2, -0.15) is 0 Å². The molecule has 0 heterocycles. The molecule has 0 saturated heterocycles. The van der Waals surface area contributed by atoms with Crippen LogP contribution in [0.3, 0.4) is 0 Å². The third-order valence-electron chi connectivity index (χ3n) is 8.80. The van der Waals surface area contributed by atoms with E-state index in [9.17, 15) is 4.79 Å². The van der Waals surface area contributed by atoms with Gasteiger partial charge in [0.05, 0.1) is 6.61 Å². The second-order valence-electron chi connectivity index (χ2n) is 13.0. The zero-order chi connectivity index (χ0) is 29.0. The van der Waals surface area contributed by atoms with Gasteiger partial charge in [-0.3, -0.25) is 4.79 Å². The average Bonchev–Trinajstić information content (AvgIpc) is 2.95. The molecule has 0 aliphatic heterocycles. The fraction of sp³-hybridized carbons (Fsp3) is 0.974. The lowest BCUT2D eigenvalue weighted by Crippen LogP contribution is -2.00. The van der Waals surface area contributed by atoms with Crippen molar-refractivity contribution in [1.29, 1.82) is 0 Å². The van der Waals surface area contributed by atoms with E-state index >= 15 is 0 Å². The first-order chi connectivity index (χ1) is 19.8. The van der Waals surface area contributed by atoms with Gasteiger partial charge in [0, 0.05) is 6.92 Å². The summed E-state index contributed by atoms with van der Waals surface area (Å²) in [7, 11) is 0. The molecule has 40 heavy (non-hydrogen) atoms. The van der Waals surface area contributed by atoms with Gasteiger partial charge < -0.3 is 4.74 Å². The number of unbranched alkanes of at least 4 members (excludes halogenated alkanes) is 33. The second kappa shape index (κ2) is 36.5. The predicted octanol–water partition coefficient (Wildman–Crippen LogP) is 13.8. The SMILES string of the molecule is CCCCCCCCCCCCCCCCCCCCCCCCCCCCCCCCCCCCOC(C)=O. The summed E-state index contributed by atoms with van der Waals surface area (Å²) < 4.78 is 4.97. The van der Waals surface area contributed by atoms with Crippen LogP contribution in [-0.2, 0) is 9.53 Å². The maximum absolute atomic E-state index is 10.7. The van der Waals surface area contributed by atoms with Crippen molar-refractivity contribution in [3.63, 3.8) is 0 Å². The predicted molar refractivity (Wildman–Crippen MR) is 179 cm³/mol. The van der Waals surface area contributed by atoms with Gasteiger partial charge in [0.15, 0.2) is 0 Å². The zero-order valence-electron chi connectivity index (χ0n) is 28.1. The molecule has 0 unspecified atom stereocenters. The van der Waals surface area contributed by atoms with Crippen LogP contribution in [0.25, 0.3) is 0 Å². The molecule has 0 bridgehead atoms. The summed E-state index contributed by atoms with van der Waals surface area (Å²) in [6.07, 6.45) is 48.7. The van der Waals surface area contributed by atoms with Crippen LogP contribution < -0.4 is 0 Å². The maximum Gasteiger partial charge on any atom is 0.302 e. The first-order valence-electron chi connectivity index (χ1n) is 18.9. The highest BCUT2D eigenvalue weighted by molar-refractivity contribution is 5.65. The molecule has 0 amide bonds. The van der Waals surface area contributed by atoms with E-state index in [1.807, 2.05) is 0 Å². The van der Waals surface area contributed by atoms with Crippen LogP contribution in [0.2, 0.25) is 0 Å².